The second kappa shape index (κ2) is 8.33. The van der Waals surface area contributed by atoms with Gasteiger partial charge in [-0.2, -0.15) is 0 Å². The van der Waals surface area contributed by atoms with Gasteiger partial charge in [0.05, 0.1) is 40.7 Å². The van der Waals surface area contributed by atoms with Gasteiger partial charge in [-0.25, -0.2) is 19.3 Å². The van der Waals surface area contributed by atoms with Crippen LogP contribution in [0.25, 0.3) is 22.3 Å². The maximum absolute atomic E-state index is 14.4. The summed E-state index contributed by atoms with van der Waals surface area (Å²) >= 11 is 6.12. The molecule has 3 heterocycles. The lowest BCUT2D eigenvalue weighted by Crippen LogP contribution is -2.45. The van der Waals surface area contributed by atoms with Gasteiger partial charge in [-0.3, -0.25) is 0 Å². The van der Waals surface area contributed by atoms with Crippen molar-refractivity contribution in [2.24, 2.45) is 0 Å². The highest BCUT2D eigenvalue weighted by Gasteiger charge is 2.47. The van der Waals surface area contributed by atoms with Crippen molar-refractivity contribution in [1.29, 1.82) is 0 Å². The summed E-state index contributed by atoms with van der Waals surface area (Å²) in [5.41, 5.74) is 7.54. The molecule has 2 aliphatic rings. The lowest BCUT2D eigenvalue weighted by atomic mass is 9.76. The smallest absolute Gasteiger partial charge is 0.220 e. The molecule has 9 heteroatoms. The molecule has 2 aromatic heterocycles. The van der Waals surface area contributed by atoms with Crippen LogP contribution in [0.5, 0.6) is 0 Å². The van der Waals surface area contributed by atoms with Crippen LogP contribution in [-0.4, -0.2) is 42.9 Å². The monoisotopic (exact) mass is 447 g/mol. The molecule has 0 bridgehead atoms. The molecule has 1 saturated carbocycles. The summed E-state index contributed by atoms with van der Waals surface area (Å²) in [5, 5.41) is 9.69. The minimum Gasteiger partial charge on any atom is -0.390 e. The molecule has 2 fully saturated rings. The minimum absolute atomic E-state index is 0.0694. The van der Waals surface area contributed by atoms with E-state index in [1.807, 2.05) is 31.4 Å². The van der Waals surface area contributed by atoms with Crippen molar-refractivity contribution in [3.8, 4) is 11.3 Å². The second-order valence-electron chi connectivity index (χ2n) is 8.44. The second-order valence-corrected chi connectivity index (χ2v) is 8.85. The third-order valence-corrected chi connectivity index (χ3v) is 6.34. The Balaban J connectivity index is 0.000000212. The summed E-state index contributed by atoms with van der Waals surface area (Å²) in [5.74, 6) is 0.436. The summed E-state index contributed by atoms with van der Waals surface area (Å²) < 4.78 is 21.8. The number of anilines is 1. The van der Waals surface area contributed by atoms with Crippen molar-refractivity contribution in [2.45, 2.75) is 64.2 Å². The molecule has 31 heavy (non-hydrogen) atoms. The van der Waals surface area contributed by atoms with Crippen LogP contribution in [0.4, 0.5) is 10.3 Å². The van der Waals surface area contributed by atoms with E-state index in [9.17, 15) is 9.50 Å². The molecular weight excluding hydrogens is 421 g/mol. The Hall–Kier alpha value is -2.29. The summed E-state index contributed by atoms with van der Waals surface area (Å²) in [6.45, 7) is 6.67. The van der Waals surface area contributed by atoms with E-state index in [0.717, 1.165) is 31.7 Å². The lowest BCUT2D eigenvalue weighted by molar-refractivity contribution is -0.110. The van der Waals surface area contributed by atoms with Crippen LogP contribution in [0.15, 0.2) is 18.3 Å². The number of halogens is 2. The van der Waals surface area contributed by atoms with Gasteiger partial charge in [-0.1, -0.05) is 11.6 Å². The number of fused-ring (bicyclic) bond motifs is 1. The van der Waals surface area contributed by atoms with Crippen molar-refractivity contribution in [3.05, 3.63) is 35.0 Å². The van der Waals surface area contributed by atoms with Gasteiger partial charge in [0.15, 0.2) is 5.82 Å². The average molecular weight is 448 g/mol. The van der Waals surface area contributed by atoms with Gasteiger partial charge in [0.25, 0.3) is 0 Å². The van der Waals surface area contributed by atoms with Crippen LogP contribution in [0, 0.1) is 12.7 Å². The summed E-state index contributed by atoms with van der Waals surface area (Å²) in [6, 6.07) is 3.35. The van der Waals surface area contributed by atoms with Crippen molar-refractivity contribution in [3.63, 3.8) is 0 Å². The first-order valence-electron chi connectivity index (χ1n) is 10.5. The molecule has 1 aliphatic heterocycles. The molecular formula is C22H27ClFN5O2. The number of hydrogen-bond donors (Lipinski definition) is 2. The fraction of sp³-hybridized carbons (Fsp3) is 0.500. The normalized spacial score (nSPS) is 19.5. The van der Waals surface area contributed by atoms with E-state index < -0.39 is 5.82 Å². The third-order valence-electron chi connectivity index (χ3n) is 6.07. The summed E-state index contributed by atoms with van der Waals surface area (Å²) in [7, 11) is 0. The Morgan fingerprint density at radius 1 is 1.32 bits per heavy atom. The van der Waals surface area contributed by atoms with Crippen LogP contribution in [0.2, 0.25) is 5.02 Å². The molecule has 5 rings (SSSR count). The highest BCUT2D eigenvalue weighted by Crippen LogP contribution is 2.43. The van der Waals surface area contributed by atoms with Gasteiger partial charge in [0, 0.05) is 11.6 Å². The number of rotatable bonds is 2. The van der Waals surface area contributed by atoms with E-state index >= 15 is 0 Å². The fourth-order valence-electron chi connectivity index (χ4n) is 4.38. The fourth-order valence-corrected chi connectivity index (χ4v) is 4.58. The van der Waals surface area contributed by atoms with Crippen molar-refractivity contribution < 1.29 is 14.2 Å². The Labute approximate surface area is 185 Å². The molecule has 1 atom stereocenters. The van der Waals surface area contributed by atoms with Gasteiger partial charge in [-0.15, -0.1) is 0 Å². The van der Waals surface area contributed by atoms with Crippen molar-refractivity contribution >= 4 is 28.6 Å². The number of aromatic nitrogens is 4. The molecule has 1 spiro atoms. The van der Waals surface area contributed by atoms with Crippen molar-refractivity contribution in [2.75, 3.05) is 12.3 Å². The Morgan fingerprint density at radius 3 is 2.61 bits per heavy atom. The Bertz CT molecular complexity index is 1110. The molecule has 1 aliphatic carbocycles. The maximum atomic E-state index is 14.4. The molecule has 0 amide bonds. The van der Waals surface area contributed by atoms with Crippen LogP contribution < -0.4 is 5.73 Å². The molecule has 7 nitrogen and oxygen atoms in total. The number of hydrogen-bond acceptors (Lipinski definition) is 6. The number of aryl methyl sites for hydroxylation is 1. The standard InChI is InChI=1S/C15H15ClFN5.C7H12O2/c1-7(2)22-8(3)20-14-11(17)4-9(5-12(14)22)13-10(16)6-19-15(18)21-13;8-6-2-5-9-7(6)3-1-4-7/h4-7H,1-3H3,(H2,18,19,21);6,8H,1-5H2. The quantitative estimate of drug-likeness (QED) is 0.602. The molecule has 3 aromatic rings. The number of nitrogens with two attached hydrogens (primary N) is 1. The molecule has 166 valence electrons. The zero-order valence-electron chi connectivity index (χ0n) is 17.9. The van der Waals surface area contributed by atoms with E-state index in [0.29, 0.717) is 27.3 Å². The number of aliphatic hydroxyl groups is 1. The molecule has 3 N–H and O–H groups in total. The number of nitrogens with zero attached hydrogens (tertiary/aromatic N) is 4. The molecule has 1 aromatic carbocycles. The van der Waals surface area contributed by atoms with E-state index in [1.165, 1.54) is 18.7 Å². The highest BCUT2D eigenvalue weighted by molar-refractivity contribution is 6.33. The van der Waals surface area contributed by atoms with Gasteiger partial charge >= 0.3 is 0 Å². The maximum Gasteiger partial charge on any atom is 0.220 e. The number of benzene rings is 1. The van der Waals surface area contributed by atoms with E-state index in [2.05, 4.69) is 15.0 Å². The number of ether oxygens (including phenoxy) is 1. The summed E-state index contributed by atoms with van der Waals surface area (Å²) in [6.07, 6.45) is 5.48. The lowest BCUT2D eigenvalue weighted by Gasteiger charge is -2.39. The first kappa shape index (κ1) is 21.9. The first-order chi connectivity index (χ1) is 14.7. The Morgan fingerprint density at radius 2 is 2.06 bits per heavy atom. The van der Waals surface area contributed by atoms with E-state index in [-0.39, 0.29) is 23.7 Å². The number of nitrogen functional groups attached to an aromatic ring is 1. The zero-order valence-corrected chi connectivity index (χ0v) is 18.7. The van der Waals surface area contributed by atoms with Gasteiger partial charge in [0.1, 0.15) is 11.3 Å². The first-order valence-corrected chi connectivity index (χ1v) is 10.9. The SMILES string of the molecule is Cc1nc2c(F)cc(-c3nc(N)ncc3Cl)cc2n1C(C)C.OC1CCOC12CCC2. The average Bonchev–Trinajstić information content (AvgIpc) is 3.24. The van der Waals surface area contributed by atoms with Crippen LogP contribution >= 0.6 is 11.6 Å². The zero-order chi connectivity index (χ0) is 22.3. The van der Waals surface area contributed by atoms with E-state index in [4.69, 9.17) is 22.1 Å². The molecule has 1 unspecified atom stereocenters. The van der Waals surface area contributed by atoms with Gasteiger partial charge in [-0.05, 0) is 58.6 Å². The molecule has 0 radical (unpaired) electrons. The Kier molecular flexibility index (Phi) is 5.89. The number of aliphatic hydroxyl groups excluding tert-OH is 1. The highest BCUT2D eigenvalue weighted by atomic mass is 35.5. The predicted octanol–water partition coefficient (Wildman–Crippen LogP) is 4.45. The predicted molar refractivity (Wildman–Crippen MR) is 118 cm³/mol. The topological polar surface area (TPSA) is 99.1 Å². The van der Waals surface area contributed by atoms with Gasteiger partial charge in [0.2, 0.25) is 5.95 Å². The third kappa shape index (κ3) is 4.00. The largest absolute Gasteiger partial charge is 0.390 e. The summed E-state index contributed by atoms with van der Waals surface area (Å²) in [4.78, 5) is 12.2. The van der Waals surface area contributed by atoms with Crippen LogP contribution in [0.3, 0.4) is 0 Å². The van der Waals surface area contributed by atoms with Crippen LogP contribution in [-0.2, 0) is 4.74 Å². The van der Waals surface area contributed by atoms with Gasteiger partial charge < -0.3 is 20.1 Å². The van der Waals surface area contributed by atoms with Crippen molar-refractivity contribution in [1.82, 2.24) is 19.5 Å². The molecule has 1 saturated heterocycles. The minimum atomic E-state index is -0.414. The van der Waals surface area contributed by atoms with Crippen LogP contribution in [0.1, 0.15) is 51.4 Å². The number of imidazole rings is 1. The van der Waals surface area contributed by atoms with E-state index in [1.54, 1.807) is 0 Å².